The smallest absolute Gasteiger partial charge is 0.0238 e. The van der Waals surface area contributed by atoms with Gasteiger partial charge in [0.25, 0.3) is 0 Å². The maximum Gasteiger partial charge on any atom is 0.0238 e. The average Bonchev–Trinajstić information content (AvgIpc) is 2.74. The van der Waals surface area contributed by atoms with Crippen molar-refractivity contribution in [2.75, 3.05) is 20.1 Å². The number of unbranched alkanes of at least 4 members (excludes halogenated alkanes) is 2. The molecule has 0 aromatic carbocycles. The number of hydrogen-bond acceptors (Lipinski definition) is 3. The molecule has 0 bridgehead atoms. The molecule has 0 aliphatic rings. The predicted molar refractivity (Wildman–Crippen MR) is 82.3 cm³/mol. The summed E-state index contributed by atoms with van der Waals surface area (Å²) in [6, 6.07) is 2.22. The molecule has 18 heavy (non-hydrogen) atoms. The molecule has 104 valence electrons. The molecule has 0 atom stereocenters. The van der Waals surface area contributed by atoms with Crippen LogP contribution in [0.1, 0.15) is 45.6 Å². The summed E-state index contributed by atoms with van der Waals surface area (Å²) in [6.07, 6.45) is 3.90. The van der Waals surface area contributed by atoms with Crippen molar-refractivity contribution in [3.63, 3.8) is 0 Å². The van der Waals surface area contributed by atoms with E-state index >= 15 is 0 Å². The van der Waals surface area contributed by atoms with Gasteiger partial charge in [-0.15, -0.1) is 0 Å². The zero-order chi connectivity index (χ0) is 13.4. The standard InChI is InChI=1S/C15H28N2S/c1-15(2,3)16-9-6-5-7-10-17(4)12-14-8-11-18-13-14/h8,11,13,16H,5-7,9-10,12H2,1-4H3. The second-order valence-corrected chi connectivity index (χ2v) is 6.89. The summed E-state index contributed by atoms with van der Waals surface area (Å²) < 4.78 is 0. The van der Waals surface area contributed by atoms with Crippen molar-refractivity contribution >= 4 is 11.3 Å². The Balaban J connectivity index is 1.97. The minimum Gasteiger partial charge on any atom is -0.312 e. The van der Waals surface area contributed by atoms with Crippen molar-refractivity contribution in [2.24, 2.45) is 0 Å². The van der Waals surface area contributed by atoms with Crippen LogP contribution in [-0.2, 0) is 6.54 Å². The first-order chi connectivity index (χ1) is 8.47. The first-order valence-corrected chi connectivity index (χ1v) is 7.86. The molecule has 0 aliphatic heterocycles. The van der Waals surface area contributed by atoms with Crippen molar-refractivity contribution < 1.29 is 0 Å². The highest BCUT2D eigenvalue weighted by atomic mass is 32.1. The van der Waals surface area contributed by atoms with Gasteiger partial charge in [-0.05, 0) is 76.1 Å². The molecule has 1 aromatic rings. The Kier molecular flexibility index (Phi) is 6.90. The Hall–Kier alpha value is -0.380. The van der Waals surface area contributed by atoms with Crippen molar-refractivity contribution in [1.82, 2.24) is 10.2 Å². The molecule has 0 aliphatic carbocycles. The molecule has 0 radical (unpaired) electrons. The molecule has 0 amide bonds. The molecular weight excluding hydrogens is 240 g/mol. The Morgan fingerprint density at radius 2 is 2.00 bits per heavy atom. The van der Waals surface area contributed by atoms with Crippen LogP contribution in [0, 0.1) is 0 Å². The molecule has 0 fully saturated rings. The quantitative estimate of drug-likeness (QED) is 0.723. The van der Waals surface area contributed by atoms with Gasteiger partial charge in [0.15, 0.2) is 0 Å². The lowest BCUT2D eigenvalue weighted by Crippen LogP contribution is -2.36. The van der Waals surface area contributed by atoms with E-state index in [0.29, 0.717) is 0 Å². The number of nitrogens with one attached hydrogen (secondary N) is 1. The first kappa shape index (κ1) is 15.7. The van der Waals surface area contributed by atoms with Crippen molar-refractivity contribution in [1.29, 1.82) is 0 Å². The Bertz CT molecular complexity index is 301. The van der Waals surface area contributed by atoms with E-state index in [1.165, 1.54) is 31.4 Å². The van der Waals surface area contributed by atoms with Gasteiger partial charge in [-0.3, -0.25) is 0 Å². The van der Waals surface area contributed by atoms with Gasteiger partial charge in [0.2, 0.25) is 0 Å². The van der Waals surface area contributed by atoms with Crippen LogP contribution in [-0.4, -0.2) is 30.6 Å². The summed E-state index contributed by atoms with van der Waals surface area (Å²) in [6.45, 7) is 10.1. The zero-order valence-electron chi connectivity index (χ0n) is 12.3. The van der Waals surface area contributed by atoms with Crippen molar-refractivity contribution in [3.05, 3.63) is 22.4 Å². The summed E-state index contributed by atoms with van der Waals surface area (Å²) in [4.78, 5) is 2.42. The van der Waals surface area contributed by atoms with E-state index in [0.717, 1.165) is 13.1 Å². The summed E-state index contributed by atoms with van der Waals surface area (Å²) in [7, 11) is 2.21. The van der Waals surface area contributed by atoms with E-state index < -0.39 is 0 Å². The van der Waals surface area contributed by atoms with Gasteiger partial charge in [0.05, 0.1) is 0 Å². The van der Waals surface area contributed by atoms with Crippen LogP contribution in [0.15, 0.2) is 16.8 Å². The highest BCUT2D eigenvalue weighted by molar-refractivity contribution is 7.07. The van der Waals surface area contributed by atoms with Gasteiger partial charge in [-0.2, -0.15) is 11.3 Å². The minimum atomic E-state index is 0.260. The summed E-state index contributed by atoms with van der Waals surface area (Å²) in [5.74, 6) is 0. The molecule has 1 N–H and O–H groups in total. The first-order valence-electron chi connectivity index (χ1n) is 6.92. The minimum absolute atomic E-state index is 0.260. The third-order valence-corrected chi connectivity index (χ3v) is 3.64. The maximum atomic E-state index is 3.53. The number of rotatable bonds is 8. The molecule has 2 nitrogen and oxygen atoms in total. The molecule has 1 aromatic heterocycles. The third-order valence-electron chi connectivity index (χ3n) is 2.90. The topological polar surface area (TPSA) is 15.3 Å². The SMILES string of the molecule is CN(CCCCCNC(C)(C)C)Cc1ccsc1. The fraction of sp³-hybridized carbons (Fsp3) is 0.733. The molecule has 0 saturated heterocycles. The lowest BCUT2D eigenvalue weighted by molar-refractivity contribution is 0.315. The van der Waals surface area contributed by atoms with E-state index in [1.807, 2.05) is 0 Å². The highest BCUT2D eigenvalue weighted by Crippen LogP contribution is 2.09. The second kappa shape index (κ2) is 7.93. The van der Waals surface area contributed by atoms with Crippen LogP contribution in [0.5, 0.6) is 0 Å². The Morgan fingerprint density at radius 1 is 1.22 bits per heavy atom. The monoisotopic (exact) mass is 268 g/mol. The van der Waals surface area contributed by atoms with Gasteiger partial charge in [-0.25, -0.2) is 0 Å². The van der Waals surface area contributed by atoms with Gasteiger partial charge in [-0.1, -0.05) is 6.42 Å². The van der Waals surface area contributed by atoms with E-state index in [9.17, 15) is 0 Å². The van der Waals surface area contributed by atoms with Crippen LogP contribution in [0.2, 0.25) is 0 Å². The van der Waals surface area contributed by atoms with Crippen LogP contribution < -0.4 is 5.32 Å². The van der Waals surface area contributed by atoms with Gasteiger partial charge >= 0.3 is 0 Å². The lowest BCUT2D eigenvalue weighted by atomic mass is 10.1. The van der Waals surface area contributed by atoms with Crippen LogP contribution in [0.25, 0.3) is 0 Å². The molecule has 1 rings (SSSR count). The Labute approximate surface area is 116 Å². The molecule has 1 heterocycles. The highest BCUT2D eigenvalue weighted by Gasteiger charge is 2.07. The largest absolute Gasteiger partial charge is 0.312 e. The predicted octanol–water partition coefficient (Wildman–Crippen LogP) is 3.74. The summed E-state index contributed by atoms with van der Waals surface area (Å²) >= 11 is 1.78. The number of hydrogen-bond donors (Lipinski definition) is 1. The van der Waals surface area contributed by atoms with E-state index in [2.05, 4.69) is 54.9 Å². The summed E-state index contributed by atoms with van der Waals surface area (Å²) in [5.41, 5.74) is 1.70. The normalized spacial score (nSPS) is 12.3. The van der Waals surface area contributed by atoms with Gasteiger partial charge in [0.1, 0.15) is 0 Å². The summed E-state index contributed by atoms with van der Waals surface area (Å²) in [5, 5.41) is 7.93. The molecular formula is C15H28N2S. The average molecular weight is 268 g/mol. The van der Waals surface area contributed by atoms with Gasteiger partial charge < -0.3 is 10.2 Å². The number of thiophene rings is 1. The van der Waals surface area contributed by atoms with Crippen LogP contribution in [0.4, 0.5) is 0 Å². The Morgan fingerprint density at radius 3 is 2.61 bits per heavy atom. The van der Waals surface area contributed by atoms with Crippen LogP contribution in [0.3, 0.4) is 0 Å². The fourth-order valence-electron chi connectivity index (χ4n) is 1.92. The van der Waals surface area contributed by atoms with E-state index in [1.54, 1.807) is 11.3 Å². The molecule has 0 unspecified atom stereocenters. The maximum absolute atomic E-state index is 3.53. The fourth-order valence-corrected chi connectivity index (χ4v) is 2.58. The second-order valence-electron chi connectivity index (χ2n) is 6.11. The van der Waals surface area contributed by atoms with E-state index in [4.69, 9.17) is 0 Å². The third kappa shape index (κ3) is 7.85. The van der Waals surface area contributed by atoms with E-state index in [-0.39, 0.29) is 5.54 Å². The number of nitrogens with zero attached hydrogens (tertiary/aromatic N) is 1. The van der Waals surface area contributed by atoms with Gasteiger partial charge in [0, 0.05) is 12.1 Å². The molecule has 0 spiro atoms. The molecule has 3 heteroatoms. The lowest BCUT2D eigenvalue weighted by Gasteiger charge is -2.20. The van der Waals surface area contributed by atoms with Crippen molar-refractivity contribution in [2.45, 2.75) is 52.1 Å². The molecule has 0 saturated carbocycles. The van der Waals surface area contributed by atoms with Crippen molar-refractivity contribution in [3.8, 4) is 0 Å². The zero-order valence-corrected chi connectivity index (χ0v) is 13.1. The van der Waals surface area contributed by atoms with Crippen LogP contribution >= 0.6 is 11.3 Å².